The zero-order valence-corrected chi connectivity index (χ0v) is 18.9. The van der Waals surface area contributed by atoms with Crippen molar-refractivity contribution in [3.63, 3.8) is 0 Å². The number of benzene rings is 2. The molecule has 0 fully saturated rings. The standard InChI is InChI=1S/C21H20N6O3S2/c1-13-11-19(23-14(2)22-13)27-32(29,30)16-9-7-15(8-10-16)24-20(28)12-31-21-25-17-5-3-4-6-18(17)26-21/h3-11H,12H2,1-2H3,(H,24,28)(H,25,26)(H,22,23,27). The molecule has 0 aliphatic heterocycles. The Kier molecular flexibility index (Phi) is 6.10. The molecule has 2 heterocycles. The van der Waals surface area contributed by atoms with Crippen molar-refractivity contribution in [2.75, 3.05) is 15.8 Å². The molecule has 0 atom stereocenters. The van der Waals surface area contributed by atoms with Gasteiger partial charge in [0.05, 0.1) is 21.7 Å². The molecule has 0 saturated carbocycles. The summed E-state index contributed by atoms with van der Waals surface area (Å²) in [6.07, 6.45) is 0. The third-order valence-corrected chi connectivity index (χ3v) is 6.60. The van der Waals surface area contributed by atoms with Crippen LogP contribution in [0.1, 0.15) is 11.5 Å². The number of carbonyl (C=O) groups is 1. The van der Waals surface area contributed by atoms with E-state index >= 15 is 0 Å². The Labute approximate surface area is 189 Å². The average molecular weight is 469 g/mol. The first-order valence-corrected chi connectivity index (χ1v) is 12.1. The highest BCUT2D eigenvalue weighted by Crippen LogP contribution is 2.21. The number of imidazole rings is 1. The molecule has 9 nitrogen and oxygen atoms in total. The number of para-hydroxylation sites is 2. The number of aromatic nitrogens is 4. The van der Waals surface area contributed by atoms with Crippen molar-refractivity contribution >= 4 is 50.2 Å². The van der Waals surface area contributed by atoms with Gasteiger partial charge in [-0.05, 0) is 50.2 Å². The van der Waals surface area contributed by atoms with E-state index in [0.717, 1.165) is 11.0 Å². The summed E-state index contributed by atoms with van der Waals surface area (Å²) in [6.45, 7) is 3.45. The second kappa shape index (κ2) is 8.97. The lowest BCUT2D eigenvalue weighted by atomic mass is 10.3. The van der Waals surface area contributed by atoms with Crippen molar-refractivity contribution in [2.45, 2.75) is 23.9 Å². The summed E-state index contributed by atoms with van der Waals surface area (Å²) in [7, 11) is -3.82. The van der Waals surface area contributed by atoms with Gasteiger partial charge in [-0.3, -0.25) is 9.52 Å². The Morgan fingerprint density at radius 1 is 1.03 bits per heavy atom. The van der Waals surface area contributed by atoms with Crippen molar-refractivity contribution in [1.82, 2.24) is 19.9 Å². The summed E-state index contributed by atoms with van der Waals surface area (Å²) in [6, 6.07) is 15.1. The fraction of sp³-hybridized carbons (Fsp3) is 0.143. The van der Waals surface area contributed by atoms with Gasteiger partial charge in [-0.2, -0.15) is 0 Å². The van der Waals surface area contributed by atoms with Gasteiger partial charge in [0.15, 0.2) is 5.16 Å². The number of anilines is 2. The quantitative estimate of drug-likeness (QED) is 0.354. The maximum atomic E-state index is 12.6. The number of H-pyrrole nitrogens is 1. The number of nitrogens with one attached hydrogen (secondary N) is 3. The lowest BCUT2D eigenvalue weighted by Crippen LogP contribution is -2.16. The lowest BCUT2D eigenvalue weighted by Gasteiger charge is -2.10. The van der Waals surface area contributed by atoms with E-state index in [2.05, 4.69) is 30.0 Å². The van der Waals surface area contributed by atoms with E-state index in [1.54, 1.807) is 19.9 Å². The number of fused-ring (bicyclic) bond motifs is 1. The summed E-state index contributed by atoms with van der Waals surface area (Å²) in [4.78, 5) is 28.1. The number of hydrogen-bond acceptors (Lipinski definition) is 7. The molecule has 0 radical (unpaired) electrons. The van der Waals surface area contributed by atoms with Crippen molar-refractivity contribution in [3.8, 4) is 0 Å². The van der Waals surface area contributed by atoms with Crippen LogP contribution in [0, 0.1) is 13.8 Å². The highest BCUT2D eigenvalue weighted by atomic mass is 32.2. The highest BCUT2D eigenvalue weighted by molar-refractivity contribution is 7.99. The predicted octanol–water partition coefficient (Wildman–Crippen LogP) is 3.50. The smallest absolute Gasteiger partial charge is 0.263 e. The first-order valence-electron chi connectivity index (χ1n) is 9.61. The fourth-order valence-corrected chi connectivity index (χ4v) is 4.69. The molecule has 4 aromatic rings. The number of carbonyl (C=O) groups excluding carboxylic acids is 1. The van der Waals surface area contributed by atoms with Crippen LogP contribution in [-0.2, 0) is 14.8 Å². The molecule has 0 aliphatic carbocycles. The number of hydrogen-bond donors (Lipinski definition) is 3. The van der Waals surface area contributed by atoms with Crippen molar-refractivity contribution in [3.05, 3.63) is 66.1 Å². The molecule has 0 saturated heterocycles. The Morgan fingerprint density at radius 3 is 2.50 bits per heavy atom. The Morgan fingerprint density at radius 2 is 1.78 bits per heavy atom. The zero-order valence-electron chi connectivity index (χ0n) is 17.3. The third kappa shape index (κ3) is 5.24. The van der Waals surface area contributed by atoms with Crippen LogP contribution in [0.3, 0.4) is 0 Å². The van der Waals surface area contributed by atoms with E-state index in [-0.39, 0.29) is 22.4 Å². The van der Waals surface area contributed by atoms with Crippen LogP contribution in [0.15, 0.2) is 64.6 Å². The molecule has 2 aromatic heterocycles. The zero-order chi connectivity index (χ0) is 22.7. The Balaban J connectivity index is 1.36. The van der Waals surface area contributed by atoms with E-state index < -0.39 is 10.0 Å². The molecular weight excluding hydrogens is 448 g/mol. The molecule has 32 heavy (non-hydrogen) atoms. The SMILES string of the molecule is Cc1cc(NS(=O)(=O)c2ccc(NC(=O)CSc3nc4ccccc4[nH]3)cc2)nc(C)n1. The minimum Gasteiger partial charge on any atom is -0.333 e. The molecule has 1 amide bonds. The van der Waals surface area contributed by atoms with Gasteiger partial charge in [-0.1, -0.05) is 23.9 Å². The van der Waals surface area contributed by atoms with E-state index in [9.17, 15) is 13.2 Å². The molecule has 2 aromatic carbocycles. The summed E-state index contributed by atoms with van der Waals surface area (Å²) in [5.41, 5.74) is 2.91. The van der Waals surface area contributed by atoms with Crippen molar-refractivity contribution in [1.29, 1.82) is 0 Å². The largest absolute Gasteiger partial charge is 0.333 e. The highest BCUT2D eigenvalue weighted by Gasteiger charge is 2.16. The number of sulfonamides is 1. The molecule has 0 spiro atoms. The van der Waals surface area contributed by atoms with Crippen LogP contribution in [0.5, 0.6) is 0 Å². The van der Waals surface area contributed by atoms with E-state index in [1.807, 2.05) is 24.3 Å². The van der Waals surface area contributed by atoms with Crippen LogP contribution in [-0.4, -0.2) is 40.0 Å². The minimum atomic E-state index is -3.82. The van der Waals surface area contributed by atoms with Gasteiger partial charge in [0, 0.05) is 17.4 Å². The summed E-state index contributed by atoms with van der Waals surface area (Å²) >= 11 is 1.29. The van der Waals surface area contributed by atoms with E-state index in [4.69, 9.17) is 0 Å². The number of nitrogens with zero attached hydrogens (tertiary/aromatic N) is 3. The van der Waals surface area contributed by atoms with Crippen molar-refractivity contribution in [2.24, 2.45) is 0 Å². The maximum absolute atomic E-state index is 12.6. The molecule has 3 N–H and O–H groups in total. The molecule has 164 valence electrons. The number of aromatic amines is 1. The lowest BCUT2D eigenvalue weighted by molar-refractivity contribution is -0.113. The first kappa shape index (κ1) is 21.8. The van der Waals surface area contributed by atoms with Gasteiger partial charge in [0.25, 0.3) is 10.0 Å². The predicted molar refractivity (Wildman–Crippen MR) is 124 cm³/mol. The average Bonchev–Trinajstić information content (AvgIpc) is 3.15. The van der Waals surface area contributed by atoms with Crippen LogP contribution in [0.2, 0.25) is 0 Å². The third-order valence-electron chi connectivity index (χ3n) is 4.36. The Bertz CT molecular complexity index is 1330. The van der Waals surface area contributed by atoms with Gasteiger partial charge in [-0.15, -0.1) is 0 Å². The monoisotopic (exact) mass is 468 g/mol. The fourth-order valence-electron chi connectivity index (χ4n) is 3.01. The summed E-state index contributed by atoms with van der Waals surface area (Å²) in [5, 5.41) is 3.41. The second-order valence-electron chi connectivity index (χ2n) is 6.97. The van der Waals surface area contributed by atoms with Gasteiger partial charge < -0.3 is 10.3 Å². The van der Waals surface area contributed by atoms with E-state index in [0.29, 0.717) is 22.4 Å². The van der Waals surface area contributed by atoms with Crippen LogP contribution in [0.25, 0.3) is 11.0 Å². The Hall–Kier alpha value is -3.44. The molecule has 4 rings (SSSR count). The summed E-state index contributed by atoms with van der Waals surface area (Å²) in [5.74, 6) is 0.612. The van der Waals surface area contributed by atoms with E-state index in [1.165, 1.54) is 36.0 Å². The molecule has 0 bridgehead atoms. The van der Waals surface area contributed by atoms with Gasteiger partial charge in [0.1, 0.15) is 11.6 Å². The number of rotatable bonds is 7. The topological polar surface area (TPSA) is 130 Å². The van der Waals surface area contributed by atoms with Gasteiger partial charge in [-0.25, -0.2) is 23.4 Å². The van der Waals surface area contributed by atoms with Crippen molar-refractivity contribution < 1.29 is 13.2 Å². The minimum absolute atomic E-state index is 0.0565. The normalized spacial score (nSPS) is 11.4. The second-order valence-corrected chi connectivity index (χ2v) is 9.61. The van der Waals surface area contributed by atoms with Crippen LogP contribution in [0.4, 0.5) is 11.5 Å². The molecular formula is C21H20N6O3S2. The first-order chi connectivity index (χ1) is 15.3. The maximum Gasteiger partial charge on any atom is 0.263 e. The van der Waals surface area contributed by atoms with Gasteiger partial charge in [0.2, 0.25) is 5.91 Å². The number of aryl methyl sites for hydroxylation is 2. The molecule has 0 aliphatic rings. The molecule has 11 heteroatoms. The van der Waals surface area contributed by atoms with Gasteiger partial charge >= 0.3 is 0 Å². The number of thioether (sulfide) groups is 1. The van der Waals surface area contributed by atoms with Crippen LogP contribution < -0.4 is 10.0 Å². The summed E-state index contributed by atoms with van der Waals surface area (Å²) < 4.78 is 27.7. The molecule has 0 unspecified atom stereocenters. The van der Waals surface area contributed by atoms with Crippen LogP contribution >= 0.6 is 11.8 Å². The number of amides is 1.